The van der Waals surface area contributed by atoms with E-state index in [2.05, 4.69) is 45.2 Å². The van der Waals surface area contributed by atoms with Crippen molar-refractivity contribution < 1.29 is 0 Å². The van der Waals surface area contributed by atoms with Gasteiger partial charge >= 0.3 is 0 Å². The lowest BCUT2D eigenvalue weighted by atomic mass is 10.4. The molecule has 0 aromatic carbocycles. The highest BCUT2D eigenvalue weighted by atomic mass is 79.9. The molecule has 0 spiro atoms. The number of nitrogens with zero attached hydrogens (tertiary/aromatic N) is 4. The molecule has 0 aliphatic heterocycles. The normalized spacial score (nSPS) is 11.1. The molecule has 0 radical (unpaired) electrons. The van der Waals surface area contributed by atoms with Crippen LogP contribution < -0.4 is 0 Å². The number of hydrogen-bond acceptors (Lipinski definition) is 3. The van der Waals surface area contributed by atoms with Crippen LogP contribution in [-0.4, -0.2) is 40.5 Å². The number of halogens is 1. The number of alkyl halides is 1. The van der Waals surface area contributed by atoms with Crippen LogP contribution in [-0.2, 0) is 11.9 Å². The van der Waals surface area contributed by atoms with Gasteiger partial charge in [0.05, 0.1) is 5.69 Å². The minimum Gasteiger partial charge on any atom is -0.309 e. The summed E-state index contributed by atoms with van der Waals surface area (Å²) in [4.78, 5) is 2.17. The summed E-state index contributed by atoms with van der Waals surface area (Å²) in [7, 11) is 4.15. The molecule has 0 saturated heterocycles. The molecule has 0 aliphatic carbocycles. The third kappa shape index (κ3) is 3.87. The highest BCUT2D eigenvalue weighted by Gasteiger charge is 1.98. The van der Waals surface area contributed by atoms with E-state index in [1.165, 1.54) is 0 Å². The van der Waals surface area contributed by atoms with Gasteiger partial charge < -0.3 is 4.90 Å². The second-order valence-corrected chi connectivity index (χ2v) is 3.82. The minimum atomic E-state index is 0.778. The maximum atomic E-state index is 4.00. The van der Waals surface area contributed by atoms with Gasteiger partial charge in [-0.15, -0.1) is 5.10 Å². The Morgan fingerprint density at radius 3 is 2.85 bits per heavy atom. The van der Waals surface area contributed by atoms with Crippen molar-refractivity contribution in [3.8, 4) is 0 Å². The van der Waals surface area contributed by atoms with Crippen molar-refractivity contribution in [2.75, 3.05) is 20.6 Å². The molecule has 13 heavy (non-hydrogen) atoms. The number of hydrogen-bond donors (Lipinski definition) is 0. The van der Waals surface area contributed by atoms with Crippen LogP contribution in [0.25, 0.3) is 0 Å². The SMILES string of the molecule is CN(C)CCCn1cc(CBr)nn1. The first-order valence-corrected chi connectivity index (χ1v) is 5.44. The summed E-state index contributed by atoms with van der Waals surface area (Å²) in [5.74, 6) is 0. The fraction of sp³-hybridized carbons (Fsp3) is 0.750. The van der Waals surface area contributed by atoms with E-state index in [-0.39, 0.29) is 0 Å². The predicted molar refractivity (Wildman–Crippen MR) is 55.8 cm³/mol. The van der Waals surface area contributed by atoms with Crippen molar-refractivity contribution in [1.82, 2.24) is 19.9 Å². The third-order valence-corrected chi connectivity index (χ3v) is 2.29. The Bertz CT molecular complexity index is 246. The molecule has 1 aromatic heterocycles. The highest BCUT2D eigenvalue weighted by molar-refractivity contribution is 9.08. The standard InChI is InChI=1S/C8H15BrN4/c1-12(2)4-3-5-13-7-8(6-9)10-11-13/h7H,3-6H2,1-2H3. The molecule has 5 heteroatoms. The average Bonchev–Trinajstić information content (AvgIpc) is 2.52. The first-order chi connectivity index (χ1) is 6.22. The van der Waals surface area contributed by atoms with Gasteiger partial charge in [0.15, 0.2) is 0 Å². The molecule has 1 rings (SSSR count). The summed E-state index contributed by atoms with van der Waals surface area (Å²) in [6.45, 7) is 2.03. The molecule has 4 nitrogen and oxygen atoms in total. The van der Waals surface area contributed by atoms with Crippen molar-refractivity contribution in [3.05, 3.63) is 11.9 Å². The minimum absolute atomic E-state index is 0.778. The average molecular weight is 247 g/mol. The maximum absolute atomic E-state index is 4.00. The lowest BCUT2D eigenvalue weighted by Crippen LogP contribution is -2.15. The van der Waals surface area contributed by atoms with E-state index < -0.39 is 0 Å². The number of aromatic nitrogens is 3. The summed E-state index contributed by atoms with van der Waals surface area (Å²) in [6, 6.07) is 0. The van der Waals surface area contributed by atoms with E-state index in [4.69, 9.17) is 0 Å². The van der Waals surface area contributed by atoms with Crippen LogP contribution in [0.3, 0.4) is 0 Å². The van der Waals surface area contributed by atoms with E-state index in [1.807, 2.05) is 10.9 Å². The Labute approximate surface area is 87.0 Å². The second-order valence-electron chi connectivity index (χ2n) is 3.26. The van der Waals surface area contributed by atoms with Gasteiger partial charge in [-0.3, -0.25) is 4.68 Å². The van der Waals surface area contributed by atoms with Gasteiger partial charge in [0.25, 0.3) is 0 Å². The van der Waals surface area contributed by atoms with E-state index >= 15 is 0 Å². The van der Waals surface area contributed by atoms with Gasteiger partial charge in [-0.05, 0) is 27.1 Å². The first kappa shape index (κ1) is 10.7. The van der Waals surface area contributed by atoms with Crippen LogP contribution in [0.4, 0.5) is 0 Å². The van der Waals surface area contributed by atoms with Crippen molar-refractivity contribution in [3.63, 3.8) is 0 Å². The number of rotatable bonds is 5. The molecule has 0 saturated carbocycles. The molecule has 0 aliphatic rings. The van der Waals surface area contributed by atoms with Crippen LogP contribution in [0.15, 0.2) is 6.20 Å². The van der Waals surface area contributed by atoms with Gasteiger partial charge in [-0.25, -0.2) is 0 Å². The van der Waals surface area contributed by atoms with Crippen LogP contribution in [0.5, 0.6) is 0 Å². The summed E-state index contributed by atoms with van der Waals surface area (Å²) in [5.41, 5.74) is 0.991. The summed E-state index contributed by atoms with van der Waals surface area (Å²) in [5, 5.41) is 8.77. The lowest BCUT2D eigenvalue weighted by molar-refractivity contribution is 0.379. The molecule has 1 aromatic rings. The Morgan fingerprint density at radius 1 is 1.54 bits per heavy atom. The lowest BCUT2D eigenvalue weighted by Gasteiger charge is -2.07. The van der Waals surface area contributed by atoms with Gasteiger partial charge in [0, 0.05) is 18.1 Å². The zero-order chi connectivity index (χ0) is 9.68. The molecule has 0 amide bonds. The van der Waals surface area contributed by atoms with Gasteiger partial charge in [-0.1, -0.05) is 21.1 Å². The van der Waals surface area contributed by atoms with E-state index in [0.717, 1.165) is 30.5 Å². The van der Waals surface area contributed by atoms with E-state index in [1.54, 1.807) is 0 Å². The summed E-state index contributed by atoms with van der Waals surface area (Å²) in [6.07, 6.45) is 3.09. The molecule has 0 N–H and O–H groups in total. The van der Waals surface area contributed by atoms with Crippen molar-refractivity contribution >= 4 is 15.9 Å². The summed E-state index contributed by atoms with van der Waals surface area (Å²) >= 11 is 3.34. The molecule has 0 atom stereocenters. The second kappa shape index (κ2) is 5.34. The Morgan fingerprint density at radius 2 is 2.31 bits per heavy atom. The predicted octanol–water partition coefficient (Wildman–Crippen LogP) is 1.12. The fourth-order valence-electron chi connectivity index (χ4n) is 1.06. The monoisotopic (exact) mass is 246 g/mol. The van der Waals surface area contributed by atoms with Crippen molar-refractivity contribution in [2.24, 2.45) is 0 Å². The molecule has 0 fully saturated rings. The third-order valence-electron chi connectivity index (χ3n) is 1.72. The first-order valence-electron chi connectivity index (χ1n) is 4.32. The molecular formula is C8H15BrN4. The molecule has 74 valence electrons. The van der Waals surface area contributed by atoms with Crippen LogP contribution in [0.2, 0.25) is 0 Å². The zero-order valence-corrected chi connectivity index (χ0v) is 9.66. The summed E-state index contributed by atoms with van der Waals surface area (Å²) < 4.78 is 1.89. The Kier molecular flexibility index (Phi) is 4.38. The van der Waals surface area contributed by atoms with Gasteiger partial charge in [0.2, 0.25) is 0 Å². The molecule has 0 bridgehead atoms. The van der Waals surface area contributed by atoms with Gasteiger partial charge in [-0.2, -0.15) is 0 Å². The molecule has 0 unspecified atom stereocenters. The Hall–Kier alpha value is -0.420. The fourth-order valence-corrected chi connectivity index (χ4v) is 1.31. The molecular weight excluding hydrogens is 232 g/mol. The van der Waals surface area contributed by atoms with Crippen molar-refractivity contribution in [2.45, 2.75) is 18.3 Å². The van der Waals surface area contributed by atoms with Crippen LogP contribution >= 0.6 is 15.9 Å². The maximum Gasteiger partial charge on any atom is 0.0932 e. The van der Waals surface area contributed by atoms with Crippen LogP contribution in [0, 0.1) is 0 Å². The topological polar surface area (TPSA) is 34.0 Å². The van der Waals surface area contributed by atoms with Crippen molar-refractivity contribution in [1.29, 1.82) is 0 Å². The smallest absolute Gasteiger partial charge is 0.0932 e. The Balaban J connectivity index is 2.28. The van der Waals surface area contributed by atoms with Crippen LogP contribution in [0.1, 0.15) is 12.1 Å². The highest BCUT2D eigenvalue weighted by Crippen LogP contribution is 2.00. The zero-order valence-electron chi connectivity index (χ0n) is 8.07. The largest absolute Gasteiger partial charge is 0.309 e. The quantitative estimate of drug-likeness (QED) is 0.731. The number of aryl methyl sites for hydroxylation is 1. The van der Waals surface area contributed by atoms with Gasteiger partial charge in [0.1, 0.15) is 0 Å². The van der Waals surface area contributed by atoms with E-state index in [0.29, 0.717) is 0 Å². The molecule has 1 heterocycles. The van der Waals surface area contributed by atoms with E-state index in [9.17, 15) is 0 Å².